The summed E-state index contributed by atoms with van der Waals surface area (Å²) in [5, 5.41) is 6.15. The van der Waals surface area contributed by atoms with Crippen molar-refractivity contribution in [3.05, 3.63) is 0 Å². The molecule has 1 saturated heterocycles. The van der Waals surface area contributed by atoms with Gasteiger partial charge in [-0.15, -0.1) is 0 Å². The van der Waals surface area contributed by atoms with Gasteiger partial charge in [-0.05, 0) is 18.8 Å². The van der Waals surface area contributed by atoms with Crippen LogP contribution in [0.5, 0.6) is 0 Å². The SMILES string of the molecule is O=C(CC1CCC1)NC1CNC1. The topological polar surface area (TPSA) is 41.1 Å². The molecule has 1 aliphatic heterocycles. The second-order valence-electron chi connectivity index (χ2n) is 3.92. The fraction of sp³-hybridized carbons (Fsp3) is 0.889. The van der Waals surface area contributed by atoms with E-state index in [2.05, 4.69) is 10.6 Å². The molecule has 3 heteroatoms. The lowest BCUT2D eigenvalue weighted by molar-refractivity contribution is -0.123. The van der Waals surface area contributed by atoms with Crippen molar-refractivity contribution in [2.75, 3.05) is 13.1 Å². The highest BCUT2D eigenvalue weighted by Gasteiger charge is 2.23. The maximum atomic E-state index is 11.3. The van der Waals surface area contributed by atoms with E-state index in [0.29, 0.717) is 12.0 Å². The molecule has 1 saturated carbocycles. The van der Waals surface area contributed by atoms with Crippen LogP contribution in [0.15, 0.2) is 0 Å². The van der Waals surface area contributed by atoms with E-state index in [1.54, 1.807) is 0 Å². The number of hydrogen-bond donors (Lipinski definition) is 2. The van der Waals surface area contributed by atoms with Gasteiger partial charge in [0.15, 0.2) is 0 Å². The summed E-state index contributed by atoms with van der Waals surface area (Å²) in [5.41, 5.74) is 0. The van der Waals surface area contributed by atoms with E-state index in [1.807, 2.05) is 0 Å². The molecule has 1 heterocycles. The van der Waals surface area contributed by atoms with Gasteiger partial charge in [0, 0.05) is 19.5 Å². The van der Waals surface area contributed by atoms with Crippen LogP contribution in [-0.4, -0.2) is 25.0 Å². The molecule has 2 N–H and O–H groups in total. The quantitative estimate of drug-likeness (QED) is 0.635. The summed E-state index contributed by atoms with van der Waals surface area (Å²) in [4.78, 5) is 11.3. The maximum absolute atomic E-state index is 11.3. The van der Waals surface area contributed by atoms with Crippen molar-refractivity contribution in [2.45, 2.75) is 31.7 Å². The first-order chi connectivity index (χ1) is 5.84. The Morgan fingerprint density at radius 3 is 2.58 bits per heavy atom. The smallest absolute Gasteiger partial charge is 0.220 e. The third-order valence-electron chi connectivity index (χ3n) is 2.85. The van der Waals surface area contributed by atoms with E-state index < -0.39 is 0 Å². The molecule has 0 radical (unpaired) electrons. The van der Waals surface area contributed by atoms with Gasteiger partial charge >= 0.3 is 0 Å². The Kier molecular flexibility index (Phi) is 2.30. The van der Waals surface area contributed by atoms with E-state index in [4.69, 9.17) is 0 Å². The minimum absolute atomic E-state index is 0.256. The predicted molar refractivity (Wildman–Crippen MR) is 46.8 cm³/mol. The van der Waals surface area contributed by atoms with Crippen LogP contribution in [0.2, 0.25) is 0 Å². The first kappa shape index (κ1) is 8.05. The number of rotatable bonds is 3. The summed E-state index contributed by atoms with van der Waals surface area (Å²) < 4.78 is 0. The lowest BCUT2D eigenvalue weighted by atomic mass is 9.83. The zero-order chi connectivity index (χ0) is 8.39. The largest absolute Gasteiger partial charge is 0.351 e. The van der Waals surface area contributed by atoms with Gasteiger partial charge in [-0.1, -0.05) is 6.42 Å². The molecule has 2 aliphatic rings. The van der Waals surface area contributed by atoms with E-state index >= 15 is 0 Å². The molecule has 2 fully saturated rings. The van der Waals surface area contributed by atoms with Gasteiger partial charge in [0.2, 0.25) is 5.91 Å². The van der Waals surface area contributed by atoms with Crippen molar-refractivity contribution >= 4 is 5.91 Å². The van der Waals surface area contributed by atoms with Crippen LogP contribution in [-0.2, 0) is 4.79 Å². The van der Waals surface area contributed by atoms with Gasteiger partial charge in [0.05, 0.1) is 6.04 Å². The third-order valence-corrected chi connectivity index (χ3v) is 2.85. The van der Waals surface area contributed by atoms with Crippen molar-refractivity contribution in [2.24, 2.45) is 5.92 Å². The molecule has 1 amide bonds. The third kappa shape index (κ3) is 1.78. The van der Waals surface area contributed by atoms with Crippen LogP contribution < -0.4 is 10.6 Å². The molecule has 0 aromatic heterocycles. The van der Waals surface area contributed by atoms with E-state index in [1.165, 1.54) is 19.3 Å². The minimum Gasteiger partial charge on any atom is -0.351 e. The molecule has 0 aromatic carbocycles. The molecule has 12 heavy (non-hydrogen) atoms. The molecule has 0 bridgehead atoms. The summed E-state index contributed by atoms with van der Waals surface area (Å²) in [6, 6.07) is 0.414. The van der Waals surface area contributed by atoms with Gasteiger partial charge in [0.1, 0.15) is 0 Å². The van der Waals surface area contributed by atoms with Crippen LogP contribution >= 0.6 is 0 Å². The van der Waals surface area contributed by atoms with Crippen LogP contribution in [0.3, 0.4) is 0 Å². The highest BCUT2D eigenvalue weighted by Crippen LogP contribution is 2.29. The molecule has 3 nitrogen and oxygen atoms in total. The minimum atomic E-state index is 0.256. The predicted octanol–water partition coefficient (Wildman–Crippen LogP) is 0.265. The number of carbonyl (C=O) groups excluding carboxylic acids is 1. The van der Waals surface area contributed by atoms with Crippen LogP contribution in [0.25, 0.3) is 0 Å². The Bertz CT molecular complexity index is 155. The monoisotopic (exact) mass is 168 g/mol. The zero-order valence-corrected chi connectivity index (χ0v) is 7.31. The first-order valence-electron chi connectivity index (χ1n) is 4.84. The van der Waals surface area contributed by atoms with Gasteiger partial charge in [-0.25, -0.2) is 0 Å². The molecule has 0 unspecified atom stereocenters. The molecule has 68 valence electrons. The van der Waals surface area contributed by atoms with Gasteiger partial charge in [-0.2, -0.15) is 0 Å². The van der Waals surface area contributed by atoms with Crippen molar-refractivity contribution in [3.8, 4) is 0 Å². The van der Waals surface area contributed by atoms with Crippen molar-refractivity contribution < 1.29 is 4.79 Å². The summed E-state index contributed by atoms with van der Waals surface area (Å²) in [6.07, 6.45) is 4.60. The van der Waals surface area contributed by atoms with Gasteiger partial charge in [0.25, 0.3) is 0 Å². The second-order valence-corrected chi connectivity index (χ2v) is 3.92. The Morgan fingerprint density at radius 2 is 2.17 bits per heavy atom. The van der Waals surface area contributed by atoms with Gasteiger partial charge < -0.3 is 10.6 Å². The maximum Gasteiger partial charge on any atom is 0.220 e. The second kappa shape index (κ2) is 3.44. The number of hydrogen-bond acceptors (Lipinski definition) is 2. The molecule has 2 rings (SSSR count). The molecule has 0 spiro atoms. The van der Waals surface area contributed by atoms with Crippen LogP contribution in [0, 0.1) is 5.92 Å². The fourth-order valence-corrected chi connectivity index (χ4v) is 1.64. The lowest BCUT2D eigenvalue weighted by Crippen LogP contribution is -2.57. The summed E-state index contributed by atoms with van der Waals surface area (Å²) >= 11 is 0. The average Bonchev–Trinajstić information content (AvgIpc) is 1.89. The summed E-state index contributed by atoms with van der Waals surface area (Å²) in [6.45, 7) is 1.91. The van der Waals surface area contributed by atoms with Crippen molar-refractivity contribution in [3.63, 3.8) is 0 Å². The normalized spacial score (nSPS) is 24.3. The Morgan fingerprint density at radius 1 is 1.42 bits per heavy atom. The van der Waals surface area contributed by atoms with Crippen LogP contribution in [0.1, 0.15) is 25.7 Å². The first-order valence-corrected chi connectivity index (χ1v) is 4.84. The van der Waals surface area contributed by atoms with Crippen molar-refractivity contribution in [1.82, 2.24) is 10.6 Å². The number of carbonyl (C=O) groups is 1. The van der Waals surface area contributed by atoms with Gasteiger partial charge in [-0.3, -0.25) is 4.79 Å². The molecular weight excluding hydrogens is 152 g/mol. The highest BCUT2D eigenvalue weighted by molar-refractivity contribution is 5.76. The Hall–Kier alpha value is -0.570. The number of nitrogens with one attached hydrogen (secondary N) is 2. The molecule has 1 aliphatic carbocycles. The van der Waals surface area contributed by atoms with Crippen LogP contribution in [0.4, 0.5) is 0 Å². The molecule has 0 aromatic rings. The molecule has 0 atom stereocenters. The summed E-state index contributed by atoms with van der Waals surface area (Å²) in [5.74, 6) is 0.948. The summed E-state index contributed by atoms with van der Waals surface area (Å²) in [7, 11) is 0. The average molecular weight is 168 g/mol. The Labute approximate surface area is 72.9 Å². The van der Waals surface area contributed by atoms with Crippen molar-refractivity contribution in [1.29, 1.82) is 0 Å². The molecular formula is C9H16N2O. The zero-order valence-electron chi connectivity index (χ0n) is 7.31. The fourth-order valence-electron chi connectivity index (χ4n) is 1.64. The highest BCUT2D eigenvalue weighted by atomic mass is 16.1. The van der Waals surface area contributed by atoms with E-state index in [9.17, 15) is 4.79 Å². The van der Waals surface area contributed by atoms with E-state index in [0.717, 1.165) is 19.5 Å². The Balaban J connectivity index is 1.62. The standard InChI is InChI=1S/C9H16N2O/c12-9(4-7-2-1-3-7)11-8-5-10-6-8/h7-8,10H,1-6H2,(H,11,12). The van der Waals surface area contributed by atoms with E-state index in [-0.39, 0.29) is 5.91 Å². The lowest BCUT2D eigenvalue weighted by Gasteiger charge is -2.30. The number of amides is 1.